The van der Waals surface area contributed by atoms with Crippen LogP contribution in [0.1, 0.15) is 5.56 Å². The summed E-state index contributed by atoms with van der Waals surface area (Å²) in [5, 5.41) is 2.74. The van der Waals surface area contributed by atoms with E-state index >= 15 is 0 Å². The van der Waals surface area contributed by atoms with Gasteiger partial charge in [-0.05, 0) is 36.8 Å². The van der Waals surface area contributed by atoms with Crippen molar-refractivity contribution in [2.24, 2.45) is 0 Å². The summed E-state index contributed by atoms with van der Waals surface area (Å²) in [4.78, 5) is 12.0. The number of amides is 1. The van der Waals surface area contributed by atoms with Crippen molar-refractivity contribution in [2.75, 3.05) is 29.9 Å². The summed E-state index contributed by atoms with van der Waals surface area (Å²) in [6, 6.07) is 10.8. The van der Waals surface area contributed by atoms with Crippen LogP contribution in [0.2, 0.25) is 5.02 Å². The van der Waals surface area contributed by atoms with Crippen LogP contribution >= 0.6 is 11.6 Å². The Morgan fingerprint density at radius 2 is 1.75 bits per heavy atom. The lowest BCUT2D eigenvalue weighted by atomic mass is 10.2. The van der Waals surface area contributed by atoms with Gasteiger partial charge < -0.3 is 5.32 Å². The molecule has 0 spiro atoms. The summed E-state index contributed by atoms with van der Waals surface area (Å²) < 4.78 is 51.6. The van der Waals surface area contributed by atoms with Crippen molar-refractivity contribution in [2.45, 2.75) is 11.8 Å². The van der Waals surface area contributed by atoms with Crippen molar-refractivity contribution in [3.8, 4) is 0 Å². The molecule has 2 N–H and O–H groups in total. The number of sulfonamides is 2. The zero-order valence-electron chi connectivity index (χ0n) is 15.4. The van der Waals surface area contributed by atoms with Crippen molar-refractivity contribution in [3.05, 3.63) is 53.1 Å². The Balaban J connectivity index is 2.25. The van der Waals surface area contributed by atoms with Gasteiger partial charge in [0.25, 0.3) is 10.0 Å². The van der Waals surface area contributed by atoms with Gasteiger partial charge in [-0.2, -0.15) is 4.31 Å². The Morgan fingerprint density at radius 1 is 1.11 bits per heavy atom. The predicted octanol–water partition coefficient (Wildman–Crippen LogP) is 2.28. The molecular formula is C17H20ClN3O5S2. The number of rotatable bonds is 7. The highest BCUT2D eigenvalue weighted by Crippen LogP contribution is 2.26. The third-order valence-corrected chi connectivity index (χ3v) is 6.91. The fourth-order valence-electron chi connectivity index (χ4n) is 2.23. The molecule has 28 heavy (non-hydrogen) atoms. The third kappa shape index (κ3) is 5.68. The van der Waals surface area contributed by atoms with Crippen molar-refractivity contribution < 1.29 is 21.6 Å². The van der Waals surface area contributed by atoms with E-state index in [4.69, 9.17) is 11.6 Å². The first-order valence-corrected chi connectivity index (χ1v) is 11.7. The van der Waals surface area contributed by atoms with E-state index in [1.807, 2.05) is 0 Å². The number of likely N-dealkylation sites (N-methyl/N-ethyl adjacent to an activating group) is 1. The van der Waals surface area contributed by atoms with Crippen LogP contribution in [0.25, 0.3) is 0 Å². The normalized spacial score (nSPS) is 12.0. The van der Waals surface area contributed by atoms with E-state index in [1.165, 1.54) is 31.3 Å². The molecule has 0 saturated heterocycles. The summed E-state index contributed by atoms with van der Waals surface area (Å²) >= 11 is 6.01. The highest BCUT2D eigenvalue weighted by atomic mass is 35.5. The van der Waals surface area contributed by atoms with Gasteiger partial charge in [0.05, 0.1) is 28.4 Å². The van der Waals surface area contributed by atoms with Gasteiger partial charge in [-0.3, -0.25) is 9.52 Å². The first-order valence-electron chi connectivity index (χ1n) is 7.99. The maximum atomic E-state index is 12.8. The number of para-hydroxylation sites is 1. The van der Waals surface area contributed by atoms with Crippen molar-refractivity contribution >= 4 is 48.9 Å². The van der Waals surface area contributed by atoms with Gasteiger partial charge >= 0.3 is 0 Å². The van der Waals surface area contributed by atoms with Crippen LogP contribution in [0.5, 0.6) is 0 Å². The number of benzene rings is 2. The smallest absolute Gasteiger partial charge is 0.262 e. The number of hydrogen-bond acceptors (Lipinski definition) is 5. The number of hydrogen-bond donors (Lipinski definition) is 2. The summed E-state index contributed by atoms with van der Waals surface area (Å²) in [6.07, 6.45) is 0.983. The maximum absolute atomic E-state index is 12.8. The minimum atomic E-state index is -3.96. The van der Waals surface area contributed by atoms with Crippen LogP contribution in [0.4, 0.5) is 11.4 Å². The van der Waals surface area contributed by atoms with Crippen LogP contribution in [0.15, 0.2) is 47.4 Å². The summed E-state index contributed by atoms with van der Waals surface area (Å²) in [5.41, 5.74) is 0.913. The summed E-state index contributed by atoms with van der Waals surface area (Å²) in [7, 11) is -6.20. The summed E-state index contributed by atoms with van der Waals surface area (Å²) in [6.45, 7) is 1.22. The number of nitrogens with zero attached hydrogens (tertiary/aromatic N) is 1. The largest absolute Gasteiger partial charge is 0.325 e. The monoisotopic (exact) mass is 445 g/mol. The number of carbonyl (C=O) groups is 1. The van der Waals surface area contributed by atoms with E-state index in [9.17, 15) is 21.6 Å². The van der Waals surface area contributed by atoms with E-state index in [1.54, 1.807) is 25.1 Å². The molecule has 1 amide bonds. The van der Waals surface area contributed by atoms with Gasteiger partial charge in [-0.25, -0.2) is 16.8 Å². The minimum Gasteiger partial charge on any atom is -0.325 e. The molecule has 11 heteroatoms. The van der Waals surface area contributed by atoms with Gasteiger partial charge in [0.2, 0.25) is 15.9 Å². The lowest BCUT2D eigenvalue weighted by molar-refractivity contribution is -0.116. The molecule has 0 radical (unpaired) electrons. The number of carbonyl (C=O) groups excluding carboxylic acids is 1. The molecule has 0 fully saturated rings. The lowest BCUT2D eigenvalue weighted by Crippen LogP contribution is -2.34. The molecule has 2 rings (SSSR count). The molecule has 0 bridgehead atoms. The highest BCUT2D eigenvalue weighted by molar-refractivity contribution is 7.92. The van der Waals surface area contributed by atoms with Crippen LogP contribution in [-0.4, -0.2) is 46.9 Å². The Labute approximate surface area is 169 Å². The molecule has 0 heterocycles. The van der Waals surface area contributed by atoms with Gasteiger partial charge in [0.15, 0.2) is 0 Å². The summed E-state index contributed by atoms with van der Waals surface area (Å²) in [5.74, 6) is -0.598. The molecular weight excluding hydrogens is 426 g/mol. The molecule has 8 nitrogen and oxygen atoms in total. The lowest BCUT2D eigenvalue weighted by Gasteiger charge is -2.15. The second kappa shape index (κ2) is 8.48. The molecule has 0 aliphatic heterocycles. The zero-order chi connectivity index (χ0) is 21.1. The fourth-order valence-corrected chi connectivity index (χ4v) is 4.17. The van der Waals surface area contributed by atoms with Gasteiger partial charge in [-0.1, -0.05) is 29.8 Å². The number of aryl methyl sites for hydroxylation is 1. The van der Waals surface area contributed by atoms with Gasteiger partial charge in [0, 0.05) is 12.7 Å². The van der Waals surface area contributed by atoms with E-state index in [0.717, 1.165) is 10.6 Å². The molecule has 0 aliphatic carbocycles. The van der Waals surface area contributed by atoms with E-state index < -0.39 is 32.5 Å². The van der Waals surface area contributed by atoms with Gasteiger partial charge in [-0.15, -0.1) is 0 Å². The Hall–Kier alpha value is -2.14. The van der Waals surface area contributed by atoms with Crippen molar-refractivity contribution in [1.29, 1.82) is 0 Å². The fraction of sp³-hybridized carbons (Fsp3) is 0.235. The second-order valence-electron chi connectivity index (χ2n) is 6.13. The Kier molecular flexibility index (Phi) is 6.71. The third-order valence-electron chi connectivity index (χ3n) is 3.81. The molecule has 0 unspecified atom stereocenters. The predicted molar refractivity (Wildman–Crippen MR) is 110 cm³/mol. The highest BCUT2D eigenvalue weighted by Gasteiger charge is 2.20. The van der Waals surface area contributed by atoms with E-state index in [0.29, 0.717) is 5.56 Å². The van der Waals surface area contributed by atoms with Crippen LogP contribution in [-0.2, 0) is 24.8 Å². The topological polar surface area (TPSA) is 113 Å². The quantitative estimate of drug-likeness (QED) is 0.678. The first-order chi connectivity index (χ1) is 12.9. The number of nitrogens with one attached hydrogen (secondary N) is 2. The van der Waals surface area contributed by atoms with Crippen LogP contribution in [0, 0.1) is 6.92 Å². The van der Waals surface area contributed by atoms with Crippen LogP contribution < -0.4 is 10.0 Å². The van der Waals surface area contributed by atoms with E-state index in [-0.39, 0.29) is 21.3 Å². The second-order valence-corrected chi connectivity index (χ2v) is 10.3. The first kappa shape index (κ1) is 22.2. The standard InChI is InChI=1S/C17H20ClN3O5S2/c1-12-8-9-13(19-17(22)11-21(2)27(3,23)24)10-16(12)28(25,26)20-15-7-5-4-6-14(15)18/h4-10,20H,11H2,1-3H3,(H,19,22). The molecule has 0 saturated carbocycles. The molecule has 2 aromatic rings. The zero-order valence-corrected chi connectivity index (χ0v) is 17.8. The van der Waals surface area contributed by atoms with E-state index in [2.05, 4.69) is 10.0 Å². The maximum Gasteiger partial charge on any atom is 0.262 e. The molecule has 0 aromatic heterocycles. The van der Waals surface area contributed by atoms with Gasteiger partial charge in [0.1, 0.15) is 0 Å². The van der Waals surface area contributed by atoms with Crippen molar-refractivity contribution in [3.63, 3.8) is 0 Å². The Bertz CT molecular complexity index is 1100. The SMILES string of the molecule is Cc1ccc(NC(=O)CN(C)S(C)(=O)=O)cc1S(=O)(=O)Nc1ccccc1Cl. The Morgan fingerprint density at radius 3 is 2.36 bits per heavy atom. The van der Waals surface area contributed by atoms with Crippen molar-refractivity contribution in [1.82, 2.24) is 4.31 Å². The number of anilines is 2. The number of halogens is 1. The average molecular weight is 446 g/mol. The minimum absolute atomic E-state index is 0.0401. The molecule has 0 aliphatic rings. The molecule has 152 valence electrons. The van der Waals surface area contributed by atoms with Crippen LogP contribution in [0.3, 0.4) is 0 Å². The average Bonchev–Trinajstić information content (AvgIpc) is 2.57. The molecule has 2 aromatic carbocycles. The molecule has 0 atom stereocenters.